The largest absolute Gasteiger partial charge is 0.322 e. The highest BCUT2D eigenvalue weighted by molar-refractivity contribution is 5.48. The molecule has 12 heavy (non-hydrogen) atoms. The van der Waals surface area contributed by atoms with Gasteiger partial charge in [0.05, 0.1) is 0 Å². The third-order valence-corrected chi connectivity index (χ3v) is 3.05. The minimum Gasteiger partial charge on any atom is -0.322 e. The molecule has 1 amide bonds. The van der Waals surface area contributed by atoms with Crippen molar-refractivity contribution in [3.8, 4) is 0 Å². The van der Waals surface area contributed by atoms with Crippen LogP contribution in [0.5, 0.6) is 0 Å². The summed E-state index contributed by atoms with van der Waals surface area (Å²) in [4.78, 5) is 12.2. The summed E-state index contributed by atoms with van der Waals surface area (Å²) >= 11 is 0. The van der Waals surface area contributed by atoms with Crippen LogP contribution in [-0.4, -0.2) is 17.9 Å². The molecule has 0 radical (unpaired) electrons. The Morgan fingerprint density at radius 3 is 2.50 bits per heavy atom. The molecule has 2 heteroatoms. The van der Waals surface area contributed by atoms with Crippen LogP contribution in [0.2, 0.25) is 0 Å². The van der Waals surface area contributed by atoms with Gasteiger partial charge in [-0.15, -0.1) is 0 Å². The van der Waals surface area contributed by atoms with Gasteiger partial charge in [0, 0.05) is 6.54 Å². The third kappa shape index (κ3) is 1.68. The Hall–Kier alpha value is -0.790. The van der Waals surface area contributed by atoms with Crippen molar-refractivity contribution in [3.63, 3.8) is 0 Å². The van der Waals surface area contributed by atoms with E-state index in [0.29, 0.717) is 5.41 Å². The van der Waals surface area contributed by atoms with Gasteiger partial charge in [-0.1, -0.05) is 19.9 Å². The van der Waals surface area contributed by atoms with E-state index in [9.17, 15) is 4.79 Å². The van der Waals surface area contributed by atoms with Gasteiger partial charge in [0.25, 0.3) is 0 Å². The Bertz CT molecular complexity index is 159. The average molecular weight is 167 g/mol. The fourth-order valence-corrected chi connectivity index (χ4v) is 1.83. The molecule has 0 aromatic rings. The van der Waals surface area contributed by atoms with Crippen LogP contribution >= 0.6 is 0 Å². The molecular weight excluding hydrogens is 150 g/mol. The van der Waals surface area contributed by atoms with E-state index in [0.717, 1.165) is 13.0 Å². The Labute approximate surface area is 74.2 Å². The third-order valence-electron chi connectivity index (χ3n) is 3.05. The maximum absolute atomic E-state index is 10.5. The van der Waals surface area contributed by atoms with Crippen LogP contribution in [0.25, 0.3) is 0 Å². The summed E-state index contributed by atoms with van der Waals surface area (Å²) in [5, 5.41) is 0. The molecule has 0 unspecified atom stereocenters. The van der Waals surface area contributed by atoms with Crippen molar-refractivity contribution >= 4 is 6.41 Å². The standard InChI is InChI=1S/C10H17NO/c1-3-10(6-5-7-10)8-11(4-2)9-12/h4,9H,2-3,5-8H2,1H3. The number of rotatable bonds is 5. The molecule has 1 saturated carbocycles. The van der Waals surface area contributed by atoms with E-state index in [2.05, 4.69) is 13.5 Å². The van der Waals surface area contributed by atoms with Crippen LogP contribution < -0.4 is 0 Å². The molecule has 68 valence electrons. The predicted octanol–water partition coefficient (Wildman–Crippen LogP) is 2.17. The van der Waals surface area contributed by atoms with Crippen molar-refractivity contribution in [1.82, 2.24) is 4.90 Å². The van der Waals surface area contributed by atoms with Crippen molar-refractivity contribution in [2.75, 3.05) is 6.54 Å². The summed E-state index contributed by atoms with van der Waals surface area (Å²) in [6.45, 7) is 6.66. The second kappa shape index (κ2) is 3.74. The smallest absolute Gasteiger partial charge is 0.213 e. The molecule has 0 aromatic heterocycles. The molecule has 0 N–H and O–H groups in total. The van der Waals surface area contributed by atoms with Crippen LogP contribution in [0.1, 0.15) is 32.6 Å². The summed E-state index contributed by atoms with van der Waals surface area (Å²) in [6, 6.07) is 0. The average Bonchev–Trinajstić information content (AvgIpc) is 2.05. The van der Waals surface area contributed by atoms with Crippen molar-refractivity contribution in [3.05, 3.63) is 12.8 Å². The van der Waals surface area contributed by atoms with Crippen LogP contribution in [0.3, 0.4) is 0 Å². The van der Waals surface area contributed by atoms with Crippen LogP contribution in [-0.2, 0) is 4.79 Å². The highest BCUT2D eigenvalue weighted by atomic mass is 16.1. The lowest BCUT2D eigenvalue weighted by Crippen LogP contribution is -2.39. The lowest BCUT2D eigenvalue weighted by atomic mass is 9.67. The van der Waals surface area contributed by atoms with E-state index in [1.54, 1.807) is 11.1 Å². The number of amides is 1. The Morgan fingerprint density at radius 2 is 2.25 bits per heavy atom. The lowest BCUT2D eigenvalue weighted by Gasteiger charge is -2.43. The minimum absolute atomic E-state index is 0.412. The van der Waals surface area contributed by atoms with Crippen LogP contribution in [0.4, 0.5) is 0 Å². The number of hydrogen-bond acceptors (Lipinski definition) is 1. The number of carbonyl (C=O) groups is 1. The molecule has 0 heterocycles. The molecule has 0 atom stereocenters. The summed E-state index contributed by atoms with van der Waals surface area (Å²) < 4.78 is 0. The van der Waals surface area contributed by atoms with Crippen LogP contribution in [0, 0.1) is 5.41 Å². The summed E-state index contributed by atoms with van der Waals surface area (Å²) in [7, 11) is 0. The van der Waals surface area contributed by atoms with Gasteiger partial charge in [-0.05, 0) is 30.9 Å². The Balaban J connectivity index is 2.46. The first kappa shape index (κ1) is 9.30. The zero-order valence-electron chi connectivity index (χ0n) is 7.75. The normalized spacial score (nSPS) is 19.4. The molecule has 0 bridgehead atoms. The predicted molar refractivity (Wildman–Crippen MR) is 49.5 cm³/mol. The Kier molecular flexibility index (Phi) is 2.90. The van der Waals surface area contributed by atoms with Gasteiger partial charge >= 0.3 is 0 Å². The van der Waals surface area contributed by atoms with Crippen molar-refractivity contribution in [2.24, 2.45) is 5.41 Å². The fraction of sp³-hybridized carbons (Fsp3) is 0.700. The van der Waals surface area contributed by atoms with Crippen molar-refractivity contribution in [1.29, 1.82) is 0 Å². The van der Waals surface area contributed by atoms with Gasteiger partial charge in [0.15, 0.2) is 0 Å². The second-order valence-electron chi connectivity index (χ2n) is 3.67. The molecule has 0 saturated heterocycles. The van der Waals surface area contributed by atoms with E-state index >= 15 is 0 Å². The maximum Gasteiger partial charge on any atom is 0.213 e. The number of nitrogens with zero attached hydrogens (tertiary/aromatic N) is 1. The lowest BCUT2D eigenvalue weighted by molar-refractivity contribution is -0.118. The van der Waals surface area contributed by atoms with Crippen LogP contribution in [0.15, 0.2) is 12.8 Å². The maximum atomic E-state index is 10.5. The van der Waals surface area contributed by atoms with E-state index in [1.807, 2.05) is 0 Å². The molecule has 0 aliphatic heterocycles. The topological polar surface area (TPSA) is 20.3 Å². The first-order valence-electron chi connectivity index (χ1n) is 4.60. The van der Waals surface area contributed by atoms with Gasteiger partial charge in [-0.25, -0.2) is 0 Å². The Morgan fingerprint density at radius 1 is 1.58 bits per heavy atom. The molecule has 1 rings (SSSR count). The molecule has 1 aliphatic rings. The zero-order chi connectivity index (χ0) is 9.03. The van der Waals surface area contributed by atoms with E-state index < -0.39 is 0 Å². The first-order chi connectivity index (χ1) is 5.76. The monoisotopic (exact) mass is 167 g/mol. The van der Waals surface area contributed by atoms with Gasteiger partial charge < -0.3 is 4.90 Å². The molecule has 2 nitrogen and oxygen atoms in total. The van der Waals surface area contributed by atoms with Crippen molar-refractivity contribution in [2.45, 2.75) is 32.6 Å². The minimum atomic E-state index is 0.412. The van der Waals surface area contributed by atoms with Gasteiger partial charge in [0.1, 0.15) is 0 Å². The molecular formula is C10H17NO. The van der Waals surface area contributed by atoms with Gasteiger partial charge in [-0.3, -0.25) is 4.79 Å². The summed E-state index contributed by atoms with van der Waals surface area (Å²) in [6.07, 6.45) is 7.50. The van der Waals surface area contributed by atoms with E-state index in [-0.39, 0.29) is 0 Å². The summed E-state index contributed by atoms with van der Waals surface area (Å²) in [5.74, 6) is 0. The highest BCUT2D eigenvalue weighted by Gasteiger charge is 2.35. The number of carbonyl (C=O) groups excluding carboxylic acids is 1. The quantitative estimate of drug-likeness (QED) is 0.575. The highest BCUT2D eigenvalue weighted by Crippen LogP contribution is 2.44. The van der Waals surface area contributed by atoms with Crippen molar-refractivity contribution < 1.29 is 4.79 Å². The van der Waals surface area contributed by atoms with E-state index in [1.165, 1.54) is 25.7 Å². The van der Waals surface area contributed by atoms with E-state index in [4.69, 9.17) is 0 Å². The molecule has 0 aromatic carbocycles. The number of hydrogen-bond donors (Lipinski definition) is 0. The summed E-state index contributed by atoms with van der Waals surface area (Å²) in [5.41, 5.74) is 0.412. The first-order valence-corrected chi connectivity index (χ1v) is 4.60. The zero-order valence-corrected chi connectivity index (χ0v) is 7.75. The SMILES string of the molecule is C=CN(C=O)CC1(CC)CCC1. The molecule has 1 fully saturated rings. The molecule has 0 spiro atoms. The van der Waals surface area contributed by atoms with Gasteiger partial charge in [0.2, 0.25) is 6.41 Å². The van der Waals surface area contributed by atoms with Gasteiger partial charge in [-0.2, -0.15) is 0 Å². The fourth-order valence-electron chi connectivity index (χ4n) is 1.83. The second-order valence-corrected chi connectivity index (χ2v) is 3.67. The molecule has 1 aliphatic carbocycles.